The van der Waals surface area contributed by atoms with Gasteiger partial charge in [0.15, 0.2) is 0 Å². The van der Waals surface area contributed by atoms with Crippen LogP contribution in [0.15, 0.2) is 0 Å². The monoisotopic (exact) mass is 381 g/mol. The fraction of sp³-hybridized carbons (Fsp3) is 0.842. The zero-order valence-corrected chi connectivity index (χ0v) is 16.9. The second-order valence-electron chi connectivity index (χ2n) is 8.86. The third-order valence-electron chi connectivity index (χ3n) is 6.38. The predicted octanol–water partition coefficient (Wildman–Crippen LogP) is 2.73. The summed E-state index contributed by atoms with van der Waals surface area (Å²) in [7, 11) is 0. The van der Waals surface area contributed by atoms with Gasteiger partial charge in [0.2, 0.25) is 5.91 Å². The summed E-state index contributed by atoms with van der Waals surface area (Å²) in [5, 5.41) is 12.2. The van der Waals surface area contributed by atoms with E-state index in [0.717, 1.165) is 70.1 Å². The number of hydrogen-bond acceptors (Lipinski definition) is 4. The number of fused-ring (bicyclic) bond motifs is 1. The fourth-order valence-corrected chi connectivity index (χ4v) is 4.94. The molecule has 1 N–H and O–H groups in total. The maximum atomic E-state index is 13.0. The van der Waals surface area contributed by atoms with Gasteiger partial charge in [0.05, 0.1) is 6.54 Å². The third kappa shape index (κ3) is 3.91. The maximum absolute atomic E-state index is 13.0. The van der Waals surface area contributed by atoms with Crippen LogP contribution in [0.5, 0.6) is 0 Å². The molecule has 1 atom stereocenters. The molecule has 6 nitrogen and oxygen atoms in total. The first-order chi connectivity index (χ1) is 12.0. The molecular weight excluding hydrogens is 350 g/mol. The van der Waals surface area contributed by atoms with Crippen molar-refractivity contribution in [3.63, 3.8) is 0 Å². The molecular formula is C19H32ClN5O. The van der Waals surface area contributed by atoms with Gasteiger partial charge in [0, 0.05) is 38.0 Å². The lowest BCUT2D eigenvalue weighted by Gasteiger charge is -2.39. The van der Waals surface area contributed by atoms with Crippen LogP contribution in [-0.2, 0) is 17.9 Å². The summed E-state index contributed by atoms with van der Waals surface area (Å²) in [6, 6.07) is 0. The van der Waals surface area contributed by atoms with Crippen LogP contribution < -0.4 is 5.32 Å². The van der Waals surface area contributed by atoms with Gasteiger partial charge in [0.25, 0.3) is 0 Å². The van der Waals surface area contributed by atoms with Crippen molar-refractivity contribution in [1.29, 1.82) is 0 Å². The van der Waals surface area contributed by atoms with Crippen molar-refractivity contribution in [3.05, 3.63) is 11.6 Å². The van der Waals surface area contributed by atoms with Crippen molar-refractivity contribution in [2.24, 2.45) is 11.3 Å². The van der Waals surface area contributed by atoms with E-state index >= 15 is 0 Å². The largest absolute Gasteiger partial charge is 0.342 e. The molecule has 1 saturated carbocycles. The molecule has 2 aliphatic heterocycles. The number of carbonyl (C=O) groups is 1. The van der Waals surface area contributed by atoms with Crippen LogP contribution in [0.2, 0.25) is 0 Å². The highest BCUT2D eigenvalue weighted by atomic mass is 35.5. The minimum absolute atomic E-state index is 0. The SMILES string of the molecule is CC1(C)CCCC(C(=O)N2CCC(c3nnc4n3CCNC4)CC2)C1.Cl. The molecule has 1 unspecified atom stereocenters. The molecule has 26 heavy (non-hydrogen) atoms. The lowest BCUT2D eigenvalue weighted by molar-refractivity contribution is -0.139. The minimum atomic E-state index is 0. The van der Waals surface area contributed by atoms with Crippen LogP contribution in [0, 0.1) is 11.3 Å². The second kappa shape index (κ2) is 7.85. The fourth-order valence-electron chi connectivity index (χ4n) is 4.94. The van der Waals surface area contributed by atoms with E-state index in [-0.39, 0.29) is 18.3 Å². The Labute approximate surface area is 162 Å². The number of aromatic nitrogens is 3. The van der Waals surface area contributed by atoms with Crippen molar-refractivity contribution >= 4 is 18.3 Å². The van der Waals surface area contributed by atoms with Crippen molar-refractivity contribution < 1.29 is 4.79 Å². The highest BCUT2D eigenvalue weighted by Gasteiger charge is 2.36. The normalized spacial score (nSPS) is 26.1. The standard InChI is InChI=1S/C19H31N5O.ClH/c1-19(2)7-3-4-15(12-19)18(25)23-9-5-14(6-10-23)17-22-21-16-13-20-8-11-24(16)17;/h14-15,20H,3-13H2,1-2H3;1H. The molecule has 3 heterocycles. The van der Waals surface area contributed by atoms with E-state index < -0.39 is 0 Å². The van der Waals surface area contributed by atoms with Crippen LogP contribution in [0.25, 0.3) is 0 Å². The minimum Gasteiger partial charge on any atom is -0.342 e. The Morgan fingerprint density at radius 3 is 2.65 bits per heavy atom. The summed E-state index contributed by atoms with van der Waals surface area (Å²) in [5.74, 6) is 3.30. The molecule has 1 saturated heterocycles. The van der Waals surface area contributed by atoms with E-state index in [1.165, 1.54) is 12.8 Å². The van der Waals surface area contributed by atoms with Crippen LogP contribution in [0.1, 0.15) is 69.9 Å². The number of nitrogens with zero attached hydrogens (tertiary/aromatic N) is 4. The van der Waals surface area contributed by atoms with Crippen LogP contribution in [0.3, 0.4) is 0 Å². The molecule has 0 radical (unpaired) electrons. The Kier molecular flexibility index (Phi) is 5.92. The quantitative estimate of drug-likeness (QED) is 0.855. The highest BCUT2D eigenvalue weighted by Crippen LogP contribution is 2.40. The number of piperidine rings is 1. The summed E-state index contributed by atoms with van der Waals surface area (Å²) in [4.78, 5) is 15.1. The van der Waals surface area contributed by atoms with E-state index in [9.17, 15) is 4.79 Å². The van der Waals surface area contributed by atoms with Gasteiger partial charge in [-0.3, -0.25) is 4.79 Å². The van der Waals surface area contributed by atoms with Crippen LogP contribution in [-0.4, -0.2) is 45.2 Å². The summed E-state index contributed by atoms with van der Waals surface area (Å²) in [6.45, 7) is 9.15. The van der Waals surface area contributed by atoms with Gasteiger partial charge in [-0.2, -0.15) is 0 Å². The molecule has 1 aromatic heterocycles. The number of amides is 1. The van der Waals surface area contributed by atoms with E-state index in [4.69, 9.17) is 0 Å². The van der Waals surface area contributed by atoms with E-state index in [1.807, 2.05) is 0 Å². The van der Waals surface area contributed by atoms with Crippen molar-refractivity contribution in [3.8, 4) is 0 Å². The van der Waals surface area contributed by atoms with Gasteiger partial charge < -0.3 is 14.8 Å². The number of halogens is 1. The Morgan fingerprint density at radius 2 is 1.92 bits per heavy atom. The first-order valence-corrected chi connectivity index (χ1v) is 9.95. The number of hydrogen-bond donors (Lipinski definition) is 1. The molecule has 4 rings (SSSR count). The Hall–Kier alpha value is -1.14. The number of carbonyl (C=O) groups excluding carboxylic acids is 1. The number of likely N-dealkylation sites (tertiary alicyclic amines) is 1. The molecule has 1 aromatic rings. The van der Waals surface area contributed by atoms with E-state index in [2.05, 4.69) is 38.8 Å². The molecule has 1 aliphatic carbocycles. The first-order valence-electron chi connectivity index (χ1n) is 9.95. The Balaban J connectivity index is 0.00000196. The Morgan fingerprint density at radius 1 is 1.15 bits per heavy atom. The van der Waals surface area contributed by atoms with E-state index in [0.29, 0.717) is 17.2 Å². The zero-order valence-electron chi connectivity index (χ0n) is 16.0. The molecule has 3 aliphatic rings. The van der Waals surface area contributed by atoms with Gasteiger partial charge in [-0.05, 0) is 37.5 Å². The van der Waals surface area contributed by atoms with E-state index in [1.54, 1.807) is 0 Å². The molecule has 1 amide bonds. The molecule has 2 fully saturated rings. The van der Waals surface area contributed by atoms with Gasteiger partial charge in [-0.15, -0.1) is 22.6 Å². The summed E-state index contributed by atoms with van der Waals surface area (Å²) in [5.41, 5.74) is 0.325. The van der Waals surface area contributed by atoms with Crippen molar-refractivity contribution in [2.75, 3.05) is 19.6 Å². The predicted molar refractivity (Wildman–Crippen MR) is 103 cm³/mol. The Bertz CT molecular complexity index is 636. The molecule has 0 spiro atoms. The summed E-state index contributed by atoms with van der Waals surface area (Å²) in [6.07, 6.45) is 6.62. The average molecular weight is 382 g/mol. The van der Waals surface area contributed by atoms with Gasteiger partial charge in [-0.25, -0.2) is 0 Å². The first kappa shape index (κ1) is 19.6. The highest BCUT2D eigenvalue weighted by molar-refractivity contribution is 5.85. The maximum Gasteiger partial charge on any atom is 0.225 e. The molecule has 7 heteroatoms. The summed E-state index contributed by atoms with van der Waals surface area (Å²) >= 11 is 0. The van der Waals surface area contributed by atoms with Crippen molar-refractivity contribution in [2.45, 2.75) is 71.4 Å². The number of rotatable bonds is 2. The average Bonchev–Trinajstić information content (AvgIpc) is 3.04. The van der Waals surface area contributed by atoms with Gasteiger partial charge >= 0.3 is 0 Å². The zero-order chi connectivity index (χ0) is 17.4. The topological polar surface area (TPSA) is 63.1 Å². The molecule has 146 valence electrons. The molecule has 0 bridgehead atoms. The summed E-state index contributed by atoms with van der Waals surface area (Å²) < 4.78 is 2.29. The lowest BCUT2D eigenvalue weighted by atomic mass is 9.71. The smallest absolute Gasteiger partial charge is 0.225 e. The lowest BCUT2D eigenvalue weighted by Crippen LogP contribution is -2.43. The number of nitrogens with one attached hydrogen (secondary N) is 1. The second-order valence-corrected chi connectivity index (χ2v) is 8.86. The van der Waals surface area contributed by atoms with Gasteiger partial charge in [0.1, 0.15) is 11.6 Å². The van der Waals surface area contributed by atoms with Crippen LogP contribution in [0.4, 0.5) is 0 Å². The van der Waals surface area contributed by atoms with Crippen molar-refractivity contribution in [1.82, 2.24) is 25.0 Å². The third-order valence-corrected chi connectivity index (χ3v) is 6.38. The van der Waals surface area contributed by atoms with Gasteiger partial charge in [-0.1, -0.05) is 20.3 Å². The van der Waals surface area contributed by atoms with Crippen LogP contribution >= 0.6 is 12.4 Å². The molecule has 0 aromatic carbocycles.